The van der Waals surface area contributed by atoms with Gasteiger partial charge in [-0.15, -0.1) is 0 Å². The summed E-state index contributed by atoms with van der Waals surface area (Å²) in [4.78, 5) is 0. The lowest BCUT2D eigenvalue weighted by Crippen LogP contribution is -2.51. The van der Waals surface area contributed by atoms with Crippen LogP contribution in [0.5, 0.6) is 0 Å². The Bertz CT molecular complexity index is 177. The molecule has 1 saturated heterocycles. The van der Waals surface area contributed by atoms with Crippen LogP contribution in [0.4, 0.5) is 0 Å². The zero-order valence-electron chi connectivity index (χ0n) is 9.96. The van der Waals surface area contributed by atoms with Crippen molar-refractivity contribution in [2.45, 2.75) is 58.5 Å². The average Bonchev–Trinajstić information content (AvgIpc) is 2.06. The van der Waals surface area contributed by atoms with Crippen molar-refractivity contribution in [2.24, 2.45) is 0 Å². The second-order valence-electron chi connectivity index (χ2n) is 5.08. The van der Waals surface area contributed by atoms with E-state index in [9.17, 15) is 0 Å². The Morgan fingerprint density at radius 2 is 2.00 bits per heavy atom. The zero-order valence-corrected chi connectivity index (χ0v) is 9.96. The zero-order chi connectivity index (χ0) is 10.8. The highest BCUT2D eigenvalue weighted by atomic mass is 16.5. The Labute approximate surface area is 87.2 Å². The van der Waals surface area contributed by atoms with Gasteiger partial charge in [-0.3, -0.25) is 0 Å². The maximum absolute atomic E-state index is 5.81. The van der Waals surface area contributed by atoms with E-state index in [1.807, 2.05) is 0 Å². The van der Waals surface area contributed by atoms with Crippen LogP contribution in [-0.4, -0.2) is 37.0 Å². The monoisotopic (exact) mass is 201 g/mol. The summed E-state index contributed by atoms with van der Waals surface area (Å²) in [5.74, 6) is 0. The van der Waals surface area contributed by atoms with Gasteiger partial charge in [-0.25, -0.2) is 0 Å². The van der Waals surface area contributed by atoms with Crippen LogP contribution in [0.25, 0.3) is 0 Å². The summed E-state index contributed by atoms with van der Waals surface area (Å²) >= 11 is 0. The predicted octanol–water partition coefficient (Wildman–Crippen LogP) is 1.57. The van der Waals surface area contributed by atoms with Crippen molar-refractivity contribution in [1.29, 1.82) is 0 Å². The third-order valence-electron chi connectivity index (χ3n) is 2.48. The van der Waals surface area contributed by atoms with E-state index < -0.39 is 0 Å². The van der Waals surface area contributed by atoms with Gasteiger partial charge in [-0.2, -0.15) is 0 Å². The maximum Gasteiger partial charge on any atom is 0.0937 e. The molecule has 3 heteroatoms. The van der Waals surface area contributed by atoms with E-state index >= 15 is 0 Å². The molecular formula is C11H23NO2. The number of rotatable bonds is 2. The smallest absolute Gasteiger partial charge is 0.0937 e. The standard InChI is InChI=1S/C11H23NO2/c1-8-9(2)14-10(6-12-8)7-13-11(3,4)5/h8-10,12H,6-7H2,1-5H3/t8-,9+,10+/m0/s1. The summed E-state index contributed by atoms with van der Waals surface area (Å²) in [5.41, 5.74) is -0.0737. The van der Waals surface area contributed by atoms with Crippen LogP contribution < -0.4 is 5.32 Å². The molecule has 1 N–H and O–H groups in total. The molecule has 1 aliphatic rings. The number of nitrogens with one attached hydrogen (secondary N) is 1. The van der Waals surface area contributed by atoms with Crippen LogP contribution in [0.15, 0.2) is 0 Å². The van der Waals surface area contributed by atoms with Crippen molar-refractivity contribution in [3.8, 4) is 0 Å². The molecule has 0 amide bonds. The van der Waals surface area contributed by atoms with E-state index in [4.69, 9.17) is 9.47 Å². The van der Waals surface area contributed by atoms with Crippen molar-refractivity contribution in [2.75, 3.05) is 13.2 Å². The average molecular weight is 201 g/mol. The van der Waals surface area contributed by atoms with Gasteiger partial charge >= 0.3 is 0 Å². The van der Waals surface area contributed by atoms with E-state index in [2.05, 4.69) is 39.9 Å². The lowest BCUT2D eigenvalue weighted by atomic mass is 10.1. The maximum atomic E-state index is 5.81. The van der Waals surface area contributed by atoms with E-state index in [0.29, 0.717) is 12.6 Å². The molecular weight excluding hydrogens is 178 g/mol. The summed E-state index contributed by atoms with van der Waals surface area (Å²) in [7, 11) is 0. The normalized spacial score (nSPS) is 34.5. The molecule has 1 heterocycles. The molecule has 14 heavy (non-hydrogen) atoms. The van der Waals surface area contributed by atoms with Crippen LogP contribution in [0.2, 0.25) is 0 Å². The first-order valence-electron chi connectivity index (χ1n) is 5.41. The summed E-state index contributed by atoms with van der Waals surface area (Å²) < 4.78 is 11.5. The second-order valence-corrected chi connectivity index (χ2v) is 5.08. The largest absolute Gasteiger partial charge is 0.373 e. The van der Waals surface area contributed by atoms with Crippen LogP contribution in [0.1, 0.15) is 34.6 Å². The van der Waals surface area contributed by atoms with Gasteiger partial charge < -0.3 is 14.8 Å². The number of hydrogen-bond acceptors (Lipinski definition) is 3. The van der Waals surface area contributed by atoms with Crippen LogP contribution in [0, 0.1) is 0 Å². The molecule has 1 rings (SSSR count). The second kappa shape index (κ2) is 4.60. The van der Waals surface area contributed by atoms with Crippen LogP contribution >= 0.6 is 0 Å². The molecule has 0 aromatic heterocycles. The molecule has 0 radical (unpaired) electrons. The molecule has 1 fully saturated rings. The predicted molar refractivity (Wildman–Crippen MR) is 57.5 cm³/mol. The van der Waals surface area contributed by atoms with Crippen LogP contribution in [-0.2, 0) is 9.47 Å². The van der Waals surface area contributed by atoms with Crippen molar-refractivity contribution in [3.63, 3.8) is 0 Å². The lowest BCUT2D eigenvalue weighted by molar-refractivity contribution is -0.113. The number of hydrogen-bond donors (Lipinski definition) is 1. The van der Waals surface area contributed by atoms with E-state index in [-0.39, 0.29) is 17.8 Å². The first-order valence-corrected chi connectivity index (χ1v) is 5.41. The number of ether oxygens (including phenoxy) is 2. The summed E-state index contributed by atoms with van der Waals surface area (Å²) in [5, 5.41) is 3.41. The minimum absolute atomic E-state index is 0.0737. The molecule has 0 saturated carbocycles. The van der Waals surface area contributed by atoms with E-state index in [1.54, 1.807) is 0 Å². The fourth-order valence-electron chi connectivity index (χ4n) is 1.39. The molecule has 1 aliphatic heterocycles. The van der Waals surface area contributed by atoms with Gasteiger partial charge in [-0.1, -0.05) is 0 Å². The third-order valence-corrected chi connectivity index (χ3v) is 2.48. The van der Waals surface area contributed by atoms with E-state index in [0.717, 1.165) is 6.54 Å². The van der Waals surface area contributed by atoms with Gasteiger partial charge in [0.15, 0.2) is 0 Å². The first kappa shape index (κ1) is 12.0. The highest BCUT2D eigenvalue weighted by Crippen LogP contribution is 2.13. The van der Waals surface area contributed by atoms with Crippen molar-refractivity contribution in [1.82, 2.24) is 5.32 Å². The van der Waals surface area contributed by atoms with E-state index in [1.165, 1.54) is 0 Å². The molecule has 84 valence electrons. The fourth-order valence-corrected chi connectivity index (χ4v) is 1.39. The van der Waals surface area contributed by atoms with Gasteiger partial charge in [0.1, 0.15) is 0 Å². The van der Waals surface area contributed by atoms with Gasteiger partial charge in [0.2, 0.25) is 0 Å². The fraction of sp³-hybridized carbons (Fsp3) is 1.00. The highest BCUT2D eigenvalue weighted by Gasteiger charge is 2.25. The Balaban J connectivity index is 2.27. The van der Waals surface area contributed by atoms with Gasteiger partial charge in [0.05, 0.1) is 24.4 Å². The molecule has 0 aliphatic carbocycles. The third kappa shape index (κ3) is 3.95. The van der Waals surface area contributed by atoms with Gasteiger partial charge in [0, 0.05) is 12.6 Å². The van der Waals surface area contributed by atoms with Crippen molar-refractivity contribution < 1.29 is 9.47 Å². The molecule has 0 bridgehead atoms. The van der Waals surface area contributed by atoms with Crippen LogP contribution in [0.3, 0.4) is 0 Å². The summed E-state index contributed by atoms with van der Waals surface area (Å²) in [6.45, 7) is 12.0. The molecule has 0 spiro atoms. The van der Waals surface area contributed by atoms with Gasteiger partial charge in [-0.05, 0) is 34.6 Å². The summed E-state index contributed by atoms with van der Waals surface area (Å²) in [6, 6.07) is 0.445. The van der Waals surface area contributed by atoms with Crippen molar-refractivity contribution >= 4 is 0 Å². The summed E-state index contributed by atoms with van der Waals surface area (Å²) in [6.07, 6.45) is 0.470. The minimum Gasteiger partial charge on any atom is -0.373 e. The molecule has 3 atom stereocenters. The number of morpholine rings is 1. The quantitative estimate of drug-likeness (QED) is 0.735. The highest BCUT2D eigenvalue weighted by molar-refractivity contribution is 4.79. The van der Waals surface area contributed by atoms with Gasteiger partial charge in [0.25, 0.3) is 0 Å². The lowest BCUT2D eigenvalue weighted by Gasteiger charge is -2.35. The topological polar surface area (TPSA) is 30.5 Å². The molecule has 0 unspecified atom stereocenters. The SMILES string of the molecule is C[C@@H]1NC[C@H](COC(C)(C)C)O[C@@H]1C. The first-order chi connectivity index (χ1) is 6.38. The molecule has 0 aromatic carbocycles. The molecule has 3 nitrogen and oxygen atoms in total. The minimum atomic E-state index is -0.0737. The Morgan fingerprint density at radius 3 is 2.50 bits per heavy atom. The molecule has 0 aromatic rings. The Kier molecular flexibility index (Phi) is 3.93. The Hall–Kier alpha value is -0.120. The Morgan fingerprint density at radius 1 is 1.36 bits per heavy atom. The van der Waals surface area contributed by atoms with Crippen molar-refractivity contribution in [3.05, 3.63) is 0 Å².